The van der Waals surface area contributed by atoms with E-state index in [1.807, 2.05) is 62.3 Å². The Bertz CT molecular complexity index is 3110. The summed E-state index contributed by atoms with van der Waals surface area (Å²) in [6.07, 6.45) is 6.89. The van der Waals surface area contributed by atoms with E-state index in [1.165, 1.54) is 122 Å². The number of hydrogen-bond acceptors (Lipinski definition) is 16. The molecule has 12 amide bonds. The third-order valence-corrected chi connectivity index (χ3v) is 21.6. The molecule has 1 aromatic rings. The molecule has 0 radical (unpaired) electrons. The first-order chi connectivity index (χ1) is 50.5. The Kier molecular flexibility index (Phi) is 42.7. The van der Waals surface area contributed by atoms with E-state index in [2.05, 4.69) is 26.6 Å². The zero-order valence-corrected chi connectivity index (χ0v) is 70.7. The Morgan fingerprint density at radius 2 is 0.954 bits per heavy atom. The molecule has 6 N–H and O–H groups in total. The molecule has 12 atom stereocenters. The van der Waals surface area contributed by atoms with Gasteiger partial charge in [0.2, 0.25) is 65.0 Å². The van der Waals surface area contributed by atoms with Gasteiger partial charge in [-0.3, -0.25) is 57.5 Å². The maximum absolute atomic E-state index is 15.6. The zero-order valence-electron chi connectivity index (χ0n) is 69.8. The maximum Gasteiger partial charge on any atom is 0.337 e. The standard InChI is InChI=1S/C80H138N12O15S/c1-25-59-74(100)91(22)65(47-108-41-32-31-40-93)77(103)87(18)61(42-49(4)5)72(98)85-66(52(10)11)78(104)86(17)60(38-37-48(2)3)70(96)82-55(15)68(94)83-56(16)73(99)89(20)63(43-50(6)7)75(101)90(21)64(44-51(8)9)76(102)92(23)67(53(12)13)79(105)88(19)62(71(97)84-59)45-54(14)34-29-27-26-28-30-39-81-69(95)57-35-33-36-58(46-57)80(106)107-24/h33,35-36,46,48-56,59-67,93H,25-32,34,37-45,47H2,1-24H3,(H,81,95)(H,82,96)(H,83,94)(H,84,97)(H,85,98)/t54-,55-,56+,59+,60-,61+,62+,63+,64+,65-,66-,67+/m1/s1. The predicted molar refractivity (Wildman–Crippen MR) is 423 cm³/mol. The van der Waals surface area contributed by atoms with Crippen molar-refractivity contribution in [3.8, 4) is 0 Å². The quantitative estimate of drug-likeness (QED) is 0.0329. The van der Waals surface area contributed by atoms with Crippen LogP contribution in [0.1, 0.15) is 228 Å². The maximum atomic E-state index is 15.6. The van der Waals surface area contributed by atoms with Crippen LogP contribution in [0.15, 0.2) is 24.3 Å². The lowest BCUT2D eigenvalue weighted by Crippen LogP contribution is -2.62. The van der Waals surface area contributed by atoms with Gasteiger partial charge in [0.15, 0.2) is 0 Å². The van der Waals surface area contributed by atoms with Gasteiger partial charge in [0.1, 0.15) is 66.5 Å². The Hall–Kier alpha value is -7.36. The van der Waals surface area contributed by atoms with Crippen molar-refractivity contribution in [3.63, 3.8) is 0 Å². The molecule has 0 aliphatic carbocycles. The number of nitrogens with one attached hydrogen (secondary N) is 5. The number of carbonyl (C=O) groups is 13. The number of rotatable bonds is 30. The first-order valence-corrected chi connectivity index (χ1v) is 40.4. The summed E-state index contributed by atoms with van der Waals surface area (Å²) in [5.41, 5.74) is 0.607. The lowest BCUT2D eigenvalue weighted by molar-refractivity contribution is -0.156. The molecule has 1 aromatic carbocycles. The van der Waals surface area contributed by atoms with E-state index in [4.69, 9.17) is 4.74 Å². The molecule has 27 nitrogen and oxygen atoms in total. The van der Waals surface area contributed by atoms with Crippen LogP contribution in [0.2, 0.25) is 0 Å². The number of amides is 12. The monoisotopic (exact) mass is 1540 g/mol. The van der Waals surface area contributed by atoms with Gasteiger partial charge < -0.3 is 70.7 Å². The third kappa shape index (κ3) is 29.8. The predicted octanol–water partition coefficient (Wildman–Crippen LogP) is 7.15. The fourth-order valence-electron chi connectivity index (χ4n) is 13.6. The fraction of sp³-hybridized carbons (Fsp3) is 0.762. The average Bonchev–Trinajstić information content (AvgIpc) is 0.807. The number of aliphatic hydroxyl groups is 1. The second-order valence-electron chi connectivity index (χ2n) is 32.2. The summed E-state index contributed by atoms with van der Waals surface area (Å²) in [5, 5.41) is 24.0. The van der Waals surface area contributed by atoms with Gasteiger partial charge in [-0.15, -0.1) is 0 Å². The van der Waals surface area contributed by atoms with Gasteiger partial charge in [-0.25, -0.2) is 4.79 Å². The largest absolute Gasteiger partial charge is 0.465 e. The number of esters is 1. The van der Waals surface area contributed by atoms with E-state index in [1.54, 1.807) is 52.8 Å². The molecule has 1 saturated heterocycles. The van der Waals surface area contributed by atoms with Crippen molar-refractivity contribution in [2.75, 3.05) is 81.1 Å². The number of unbranched alkanes of at least 4 members (excludes halogenated alkanes) is 5. The van der Waals surface area contributed by atoms with Crippen molar-refractivity contribution in [1.82, 2.24) is 60.9 Å². The van der Waals surface area contributed by atoms with E-state index in [0.29, 0.717) is 50.0 Å². The average molecular weight is 1540 g/mol. The smallest absolute Gasteiger partial charge is 0.337 e. The number of aliphatic hydroxyl groups excluding tert-OH is 1. The van der Waals surface area contributed by atoms with Gasteiger partial charge in [0.25, 0.3) is 5.91 Å². The van der Waals surface area contributed by atoms with Crippen LogP contribution in [0.4, 0.5) is 0 Å². The van der Waals surface area contributed by atoms with Gasteiger partial charge in [-0.1, -0.05) is 135 Å². The number of likely N-dealkylation sites (N-methyl/N-ethyl adjacent to an activating group) is 7. The number of benzene rings is 1. The summed E-state index contributed by atoms with van der Waals surface area (Å²) in [4.78, 5) is 200. The summed E-state index contributed by atoms with van der Waals surface area (Å²) in [5.74, 6) is -8.97. The van der Waals surface area contributed by atoms with Crippen LogP contribution in [0, 0.1) is 41.4 Å². The van der Waals surface area contributed by atoms with Crippen LogP contribution in [0.5, 0.6) is 0 Å². The highest BCUT2D eigenvalue weighted by molar-refractivity contribution is 7.99. The lowest BCUT2D eigenvalue weighted by Gasteiger charge is -2.41. The Balaban J connectivity index is 2.97. The van der Waals surface area contributed by atoms with Crippen molar-refractivity contribution in [3.05, 3.63) is 35.4 Å². The molecule has 1 heterocycles. The highest BCUT2D eigenvalue weighted by atomic mass is 32.2. The third-order valence-electron chi connectivity index (χ3n) is 20.4. The molecule has 0 bridgehead atoms. The molecule has 0 spiro atoms. The molecule has 0 saturated carbocycles. The van der Waals surface area contributed by atoms with Crippen LogP contribution in [-0.4, -0.2) is 264 Å². The van der Waals surface area contributed by atoms with Crippen LogP contribution in [-0.2, 0) is 57.5 Å². The minimum atomic E-state index is -1.25. The summed E-state index contributed by atoms with van der Waals surface area (Å²) < 4.78 is 4.80. The summed E-state index contributed by atoms with van der Waals surface area (Å²) in [6, 6.07) is -6.94. The summed E-state index contributed by atoms with van der Waals surface area (Å²) in [6.45, 7) is 29.2. The fourth-order valence-corrected chi connectivity index (χ4v) is 14.7. The SMILES string of the molecule is CC[C@@H]1NC(=O)[C@H](C[C@H](C)CCCCCCCNC(=O)c2cccc(C(=O)OC)c2)N(C)C(=O)[C@H](C(C)C)N(C)C(=O)[C@H](CC(C)C)N(C)C(=O)[C@H](CC(C)C)N(C)C(=O)[C@H](C)NC(=O)[C@@H](C)NC(=O)[C@@H](CCC(C)C)N(C)C(=O)[C@@H](C(C)C)NC(=O)[C@H](CC(C)C)N(C)C(=O)[C@@H](CSCCCCO)N(C)C1=O. The van der Waals surface area contributed by atoms with E-state index in [-0.39, 0.29) is 91.9 Å². The van der Waals surface area contributed by atoms with E-state index in [0.717, 1.165) is 25.7 Å². The summed E-state index contributed by atoms with van der Waals surface area (Å²) >= 11 is 1.38. The Labute approximate surface area is 650 Å². The van der Waals surface area contributed by atoms with Gasteiger partial charge >= 0.3 is 5.97 Å². The number of nitrogens with zero attached hydrogens (tertiary/aromatic N) is 7. The summed E-state index contributed by atoms with van der Waals surface area (Å²) in [7, 11) is 11.6. The molecule has 0 unspecified atom stereocenters. The number of carbonyl (C=O) groups excluding carboxylic acids is 13. The minimum absolute atomic E-state index is 0.0450. The minimum Gasteiger partial charge on any atom is -0.465 e. The van der Waals surface area contributed by atoms with Crippen LogP contribution >= 0.6 is 11.8 Å². The second-order valence-corrected chi connectivity index (χ2v) is 33.3. The number of hydrogen-bond donors (Lipinski definition) is 6. The number of thioether (sulfide) groups is 1. The van der Waals surface area contributed by atoms with Gasteiger partial charge in [0.05, 0.1) is 12.7 Å². The zero-order chi connectivity index (χ0) is 82.3. The van der Waals surface area contributed by atoms with E-state index in [9.17, 15) is 33.9 Å². The second kappa shape index (κ2) is 47.6. The van der Waals surface area contributed by atoms with E-state index < -0.39 is 149 Å². The normalized spacial score (nSPS) is 23.9. The molecule has 614 valence electrons. The van der Waals surface area contributed by atoms with Crippen molar-refractivity contribution >= 4 is 88.6 Å². The first-order valence-electron chi connectivity index (χ1n) is 39.3. The highest BCUT2D eigenvalue weighted by Gasteiger charge is 2.45. The van der Waals surface area contributed by atoms with Gasteiger partial charge in [-0.2, -0.15) is 11.8 Å². The lowest BCUT2D eigenvalue weighted by atomic mass is 9.92. The van der Waals surface area contributed by atoms with Crippen molar-refractivity contribution in [1.29, 1.82) is 0 Å². The van der Waals surface area contributed by atoms with Crippen LogP contribution in [0.25, 0.3) is 0 Å². The van der Waals surface area contributed by atoms with Gasteiger partial charge in [0, 0.05) is 73.8 Å². The van der Waals surface area contributed by atoms with E-state index >= 15 is 33.6 Å². The number of methoxy groups -OCH3 is 1. The molecule has 1 aliphatic rings. The molecule has 28 heteroatoms. The Morgan fingerprint density at radius 3 is 1.50 bits per heavy atom. The topological polar surface area (TPSA) is 334 Å². The molecule has 108 heavy (non-hydrogen) atoms. The number of ether oxygens (including phenoxy) is 1. The van der Waals surface area contributed by atoms with Crippen molar-refractivity contribution in [2.45, 2.75) is 274 Å². The molecular weight excluding hydrogens is 1400 g/mol. The molecule has 0 aromatic heterocycles. The van der Waals surface area contributed by atoms with Gasteiger partial charge in [-0.05, 0) is 143 Å². The highest BCUT2D eigenvalue weighted by Crippen LogP contribution is 2.27. The molecule has 1 aliphatic heterocycles. The molecule has 1 fully saturated rings. The van der Waals surface area contributed by atoms with Crippen LogP contribution in [0.3, 0.4) is 0 Å². The van der Waals surface area contributed by atoms with Crippen LogP contribution < -0.4 is 26.6 Å². The molecular formula is C80H138N12O15S. The Morgan fingerprint density at radius 1 is 0.481 bits per heavy atom. The van der Waals surface area contributed by atoms with Crippen molar-refractivity contribution in [2.24, 2.45) is 41.4 Å². The van der Waals surface area contributed by atoms with Crippen molar-refractivity contribution < 1.29 is 72.2 Å². The first kappa shape index (κ1) is 96.7. The molecule has 2 rings (SSSR count).